The summed E-state index contributed by atoms with van der Waals surface area (Å²) in [6.07, 6.45) is 3.00. The Bertz CT molecular complexity index is 941. The first-order chi connectivity index (χ1) is 15.5. The molecule has 1 atom stereocenters. The predicted molar refractivity (Wildman–Crippen MR) is 116 cm³/mol. The van der Waals surface area contributed by atoms with E-state index in [0.29, 0.717) is 55.8 Å². The Morgan fingerprint density at radius 1 is 1.09 bits per heavy atom. The summed E-state index contributed by atoms with van der Waals surface area (Å²) in [5.41, 5.74) is -0.558. The van der Waals surface area contributed by atoms with Gasteiger partial charge >= 0.3 is 0 Å². The van der Waals surface area contributed by atoms with Gasteiger partial charge in [0.25, 0.3) is 5.91 Å². The van der Waals surface area contributed by atoms with Crippen molar-refractivity contribution in [3.8, 4) is 5.75 Å². The van der Waals surface area contributed by atoms with Gasteiger partial charge in [0, 0.05) is 24.7 Å². The van der Waals surface area contributed by atoms with Crippen LogP contribution in [-0.4, -0.2) is 90.0 Å². The molecule has 0 radical (unpaired) electrons. The number of nitrogens with zero attached hydrogens (tertiary/aromatic N) is 4. The summed E-state index contributed by atoms with van der Waals surface area (Å²) in [5, 5.41) is 8.07. The quantitative estimate of drug-likeness (QED) is 0.647. The normalized spacial score (nSPS) is 21.3. The molecule has 9 nitrogen and oxygen atoms in total. The standard InChI is InChI=1S/C22H25ClN4O5/c23-18-2-1-3-19(12-18)31-16-22(13-20(28)26-6-9-30-10-7-26)15-27(8-11-32-22)21(29)17-4-5-24-25-14-17/h1-5,12,14H,6-11,13,15-16H2/t22-/m1/s1. The lowest BCUT2D eigenvalue weighted by Gasteiger charge is -2.43. The Labute approximate surface area is 191 Å². The molecule has 2 aliphatic heterocycles. The van der Waals surface area contributed by atoms with E-state index in [9.17, 15) is 9.59 Å². The van der Waals surface area contributed by atoms with Crippen LogP contribution >= 0.6 is 11.6 Å². The molecule has 32 heavy (non-hydrogen) atoms. The molecule has 2 aliphatic rings. The summed E-state index contributed by atoms with van der Waals surface area (Å²) >= 11 is 6.07. The predicted octanol–water partition coefficient (Wildman–Crippen LogP) is 1.67. The van der Waals surface area contributed by atoms with Crippen LogP contribution in [0.3, 0.4) is 0 Å². The van der Waals surface area contributed by atoms with E-state index in [-0.39, 0.29) is 31.4 Å². The first-order valence-electron chi connectivity index (χ1n) is 10.5. The van der Waals surface area contributed by atoms with Gasteiger partial charge in [0.1, 0.15) is 18.0 Å². The Morgan fingerprint density at radius 3 is 2.66 bits per heavy atom. The highest BCUT2D eigenvalue weighted by molar-refractivity contribution is 6.30. The number of hydrogen-bond acceptors (Lipinski definition) is 7. The van der Waals surface area contributed by atoms with Crippen molar-refractivity contribution in [2.45, 2.75) is 12.0 Å². The summed E-state index contributed by atoms with van der Waals surface area (Å²) in [7, 11) is 0. The summed E-state index contributed by atoms with van der Waals surface area (Å²) < 4.78 is 17.5. The average Bonchev–Trinajstić information content (AvgIpc) is 2.84. The van der Waals surface area contributed by atoms with Crippen LogP contribution in [0.2, 0.25) is 5.02 Å². The van der Waals surface area contributed by atoms with E-state index in [0.717, 1.165) is 0 Å². The van der Waals surface area contributed by atoms with Crippen molar-refractivity contribution in [1.29, 1.82) is 0 Å². The Kier molecular flexibility index (Phi) is 7.19. The summed E-state index contributed by atoms with van der Waals surface area (Å²) in [4.78, 5) is 29.5. The maximum absolute atomic E-state index is 13.1. The zero-order valence-electron chi connectivity index (χ0n) is 17.6. The average molecular weight is 461 g/mol. The molecule has 2 aromatic rings. The zero-order chi connectivity index (χ0) is 22.4. The molecule has 3 heterocycles. The van der Waals surface area contributed by atoms with Crippen LogP contribution in [0.1, 0.15) is 16.8 Å². The molecular formula is C22H25ClN4O5. The lowest BCUT2D eigenvalue weighted by atomic mass is 9.96. The molecule has 2 fully saturated rings. The van der Waals surface area contributed by atoms with Crippen molar-refractivity contribution in [1.82, 2.24) is 20.0 Å². The second kappa shape index (κ2) is 10.2. The number of aromatic nitrogens is 2. The first kappa shape index (κ1) is 22.4. The second-order valence-corrected chi connectivity index (χ2v) is 8.24. The van der Waals surface area contributed by atoms with Gasteiger partial charge in [-0.05, 0) is 24.3 Å². The van der Waals surface area contributed by atoms with E-state index in [4.69, 9.17) is 25.8 Å². The third-order valence-corrected chi connectivity index (χ3v) is 5.74. The molecule has 10 heteroatoms. The van der Waals surface area contributed by atoms with Crippen molar-refractivity contribution in [2.75, 3.05) is 52.6 Å². The monoisotopic (exact) mass is 460 g/mol. The third kappa shape index (κ3) is 5.53. The lowest BCUT2D eigenvalue weighted by Crippen LogP contribution is -2.58. The number of ether oxygens (including phenoxy) is 3. The van der Waals surface area contributed by atoms with Gasteiger partial charge < -0.3 is 24.0 Å². The Balaban J connectivity index is 1.52. The van der Waals surface area contributed by atoms with Crippen LogP contribution in [-0.2, 0) is 14.3 Å². The van der Waals surface area contributed by atoms with Gasteiger partial charge in [-0.2, -0.15) is 10.2 Å². The number of morpholine rings is 2. The van der Waals surface area contributed by atoms with Crippen LogP contribution < -0.4 is 4.74 Å². The summed E-state index contributed by atoms with van der Waals surface area (Å²) in [6, 6.07) is 8.66. The lowest BCUT2D eigenvalue weighted by molar-refractivity contribution is -0.155. The Morgan fingerprint density at radius 2 is 1.91 bits per heavy atom. The molecule has 4 rings (SSSR count). The van der Waals surface area contributed by atoms with Gasteiger partial charge in [-0.3, -0.25) is 9.59 Å². The SMILES string of the molecule is O=C(C[C@]1(COc2cccc(Cl)c2)CN(C(=O)c2ccnnc2)CCO1)N1CCOCC1. The fraction of sp³-hybridized carbons (Fsp3) is 0.455. The van der Waals surface area contributed by atoms with Gasteiger partial charge in [-0.15, -0.1) is 0 Å². The smallest absolute Gasteiger partial charge is 0.255 e. The van der Waals surface area contributed by atoms with Crippen molar-refractivity contribution in [3.05, 3.63) is 53.3 Å². The fourth-order valence-corrected chi connectivity index (χ4v) is 4.02. The third-order valence-electron chi connectivity index (χ3n) is 5.50. The first-order valence-corrected chi connectivity index (χ1v) is 10.9. The molecular weight excluding hydrogens is 436 g/mol. The maximum atomic E-state index is 13.1. The molecule has 0 unspecified atom stereocenters. The second-order valence-electron chi connectivity index (χ2n) is 7.81. The Hall–Kier alpha value is -2.75. The number of benzene rings is 1. The topological polar surface area (TPSA) is 94.1 Å². The molecule has 0 bridgehead atoms. The number of hydrogen-bond donors (Lipinski definition) is 0. The highest BCUT2D eigenvalue weighted by Gasteiger charge is 2.42. The summed E-state index contributed by atoms with van der Waals surface area (Å²) in [6.45, 7) is 3.11. The van der Waals surface area contributed by atoms with E-state index >= 15 is 0 Å². The maximum Gasteiger partial charge on any atom is 0.255 e. The van der Waals surface area contributed by atoms with Crippen LogP contribution in [0.15, 0.2) is 42.7 Å². The van der Waals surface area contributed by atoms with Gasteiger partial charge in [0.05, 0.1) is 50.7 Å². The van der Waals surface area contributed by atoms with Crippen molar-refractivity contribution in [2.24, 2.45) is 0 Å². The number of halogens is 1. The highest BCUT2D eigenvalue weighted by atomic mass is 35.5. The van der Waals surface area contributed by atoms with Crippen molar-refractivity contribution < 1.29 is 23.8 Å². The fourth-order valence-electron chi connectivity index (χ4n) is 3.84. The van der Waals surface area contributed by atoms with E-state index < -0.39 is 5.60 Å². The number of carbonyl (C=O) groups excluding carboxylic acids is 2. The van der Waals surface area contributed by atoms with E-state index in [1.54, 1.807) is 40.1 Å². The molecule has 2 amide bonds. The molecule has 1 aromatic heterocycles. The van der Waals surface area contributed by atoms with E-state index in [2.05, 4.69) is 10.2 Å². The largest absolute Gasteiger partial charge is 0.490 e. The van der Waals surface area contributed by atoms with Gasteiger partial charge in [-0.1, -0.05) is 17.7 Å². The van der Waals surface area contributed by atoms with E-state index in [1.165, 1.54) is 12.4 Å². The molecule has 1 aromatic carbocycles. The van der Waals surface area contributed by atoms with Gasteiger partial charge in [0.2, 0.25) is 5.91 Å². The minimum absolute atomic E-state index is 0.0529. The van der Waals surface area contributed by atoms with Crippen molar-refractivity contribution in [3.63, 3.8) is 0 Å². The molecule has 0 aliphatic carbocycles. The zero-order valence-corrected chi connectivity index (χ0v) is 18.4. The number of rotatable bonds is 6. The van der Waals surface area contributed by atoms with Crippen LogP contribution in [0, 0.1) is 0 Å². The molecule has 170 valence electrons. The minimum Gasteiger partial charge on any atom is -0.490 e. The molecule has 0 N–H and O–H groups in total. The van der Waals surface area contributed by atoms with Crippen LogP contribution in [0.5, 0.6) is 5.75 Å². The molecule has 0 saturated carbocycles. The van der Waals surface area contributed by atoms with Crippen LogP contribution in [0.4, 0.5) is 0 Å². The minimum atomic E-state index is -0.994. The van der Waals surface area contributed by atoms with Crippen LogP contribution in [0.25, 0.3) is 0 Å². The molecule has 2 saturated heterocycles. The number of amides is 2. The van der Waals surface area contributed by atoms with Gasteiger partial charge in [0.15, 0.2) is 0 Å². The van der Waals surface area contributed by atoms with Gasteiger partial charge in [-0.25, -0.2) is 0 Å². The highest BCUT2D eigenvalue weighted by Crippen LogP contribution is 2.27. The summed E-state index contributed by atoms with van der Waals surface area (Å²) in [5.74, 6) is 0.332. The van der Waals surface area contributed by atoms with Crippen molar-refractivity contribution >= 4 is 23.4 Å². The molecule has 0 spiro atoms. The van der Waals surface area contributed by atoms with E-state index in [1.807, 2.05) is 0 Å². The number of carbonyl (C=O) groups is 2.